The summed E-state index contributed by atoms with van der Waals surface area (Å²) in [6.07, 6.45) is 4.41. The van der Waals surface area contributed by atoms with Crippen molar-refractivity contribution in [2.75, 3.05) is 0 Å². The molecule has 6 nitrogen and oxygen atoms in total. The number of aryl methyl sites for hydroxylation is 1. The first-order chi connectivity index (χ1) is 10.1. The molecule has 0 saturated carbocycles. The first-order valence-corrected chi connectivity index (χ1v) is 7.51. The standard InChI is InChI=1S/C14H17ClN4O2/c1-9(16-14(20)10-6-7-11(15)21-10)13-18-17-12-5-3-2-4-8-19(12)13/h6-7,9H,2-5,8H2,1H3,(H,16,20)/t9-/m0/s1. The number of furan rings is 1. The monoisotopic (exact) mass is 308 g/mol. The summed E-state index contributed by atoms with van der Waals surface area (Å²) < 4.78 is 7.22. The molecular formula is C14H17ClN4O2. The van der Waals surface area contributed by atoms with E-state index in [1.54, 1.807) is 12.1 Å². The number of aromatic nitrogens is 3. The van der Waals surface area contributed by atoms with E-state index in [1.165, 1.54) is 6.42 Å². The topological polar surface area (TPSA) is 73.0 Å². The number of carbonyl (C=O) groups is 1. The summed E-state index contributed by atoms with van der Waals surface area (Å²) in [5, 5.41) is 11.5. The lowest BCUT2D eigenvalue weighted by Gasteiger charge is -2.14. The van der Waals surface area contributed by atoms with Crippen molar-refractivity contribution in [3.63, 3.8) is 0 Å². The molecule has 0 saturated heterocycles. The van der Waals surface area contributed by atoms with Gasteiger partial charge in [-0.3, -0.25) is 4.79 Å². The minimum absolute atomic E-state index is 0.197. The van der Waals surface area contributed by atoms with Gasteiger partial charge in [0.2, 0.25) is 0 Å². The van der Waals surface area contributed by atoms with Gasteiger partial charge in [0.15, 0.2) is 16.8 Å². The number of fused-ring (bicyclic) bond motifs is 1. The number of hydrogen-bond donors (Lipinski definition) is 1. The molecule has 1 atom stereocenters. The summed E-state index contributed by atoms with van der Waals surface area (Å²) in [7, 11) is 0. The SMILES string of the molecule is C[C@H](NC(=O)c1ccc(Cl)o1)c1nnc2n1CCCCC2. The van der Waals surface area contributed by atoms with E-state index in [1.807, 2.05) is 6.92 Å². The molecule has 0 unspecified atom stereocenters. The van der Waals surface area contributed by atoms with Crippen LogP contribution in [-0.4, -0.2) is 20.7 Å². The van der Waals surface area contributed by atoms with Crippen molar-refractivity contribution in [1.82, 2.24) is 20.1 Å². The molecule has 0 aromatic carbocycles. The van der Waals surface area contributed by atoms with Crippen LogP contribution in [0.2, 0.25) is 5.22 Å². The van der Waals surface area contributed by atoms with Crippen LogP contribution in [0.15, 0.2) is 16.5 Å². The lowest BCUT2D eigenvalue weighted by Crippen LogP contribution is -2.28. The Kier molecular flexibility index (Phi) is 3.96. The maximum Gasteiger partial charge on any atom is 0.287 e. The second-order valence-electron chi connectivity index (χ2n) is 5.24. The maximum absolute atomic E-state index is 12.1. The normalized spacial score (nSPS) is 16.1. The Bertz CT molecular complexity index is 649. The summed E-state index contributed by atoms with van der Waals surface area (Å²) in [6.45, 7) is 2.80. The highest BCUT2D eigenvalue weighted by atomic mass is 35.5. The van der Waals surface area contributed by atoms with Crippen LogP contribution in [0.5, 0.6) is 0 Å². The van der Waals surface area contributed by atoms with Crippen molar-refractivity contribution in [1.29, 1.82) is 0 Å². The third kappa shape index (κ3) is 2.95. The van der Waals surface area contributed by atoms with Crippen LogP contribution in [0.4, 0.5) is 0 Å². The second kappa shape index (κ2) is 5.89. The van der Waals surface area contributed by atoms with Crippen LogP contribution in [0.1, 0.15) is 54.4 Å². The molecule has 112 valence electrons. The summed E-state index contributed by atoms with van der Waals surface area (Å²) in [5.41, 5.74) is 0. The highest BCUT2D eigenvalue weighted by Crippen LogP contribution is 2.19. The molecule has 1 N–H and O–H groups in total. The maximum atomic E-state index is 12.1. The third-order valence-corrected chi connectivity index (χ3v) is 3.87. The van der Waals surface area contributed by atoms with Gasteiger partial charge in [0, 0.05) is 13.0 Å². The van der Waals surface area contributed by atoms with Crippen LogP contribution in [0, 0.1) is 0 Å². The van der Waals surface area contributed by atoms with Gasteiger partial charge >= 0.3 is 0 Å². The zero-order chi connectivity index (χ0) is 14.8. The Hall–Kier alpha value is -1.82. The highest BCUT2D eigenvalue weighted by Gasteiger charge is 2.22. The molecular weight excluding hydrogens is 292 g/mol. The molecule has 0 fully saturated rings. The average molecular weight is 309 g/mol. The van der Waals surface area contributed by atoms with Gasteiger partial charge in [0.25, 0.3) is 5.91 Å². The van der Waals surface area contributed by atoms with E-state index < -0.39 is 0 Å². The van der Waals surface area contributed by atoms with Crippen molar-refractivity contribution in [3.8, 4) is 0 Å². The number of halogens is 1. The number of amides is 1. The molecule has 2 aromatic heterocycles. The van der Waals surface area contributed by atoms with E-state index in [-0.39, 0.29) is 22.9 Å². The molecule has 3 heterocycles. The molecule has 1 aliphatic rings. The molecule has 1 aliphatic heterocycles. The first kappa shape index (κ1) is 14.1. The molecule has 0 aliphatic carbocycles. The van der Waals surface area contributed by atoms with E-state index in [0.717, 1.165) is 37.5 Å². The summed E-state index contributed by atoms with van der Waals surface area (Å²) >= 11 is 5.68. The average Bonchev–Trinajstić information content (AvgIpc) is 2.99. The molecule has 0 spiro atoms. The summed E-state index contributed by atoms with van der Waals surface area (Å²) in [4.78, 5) is 12.1. The van der Waals surface area contributed by atoms with Crippen LogP contribution < -0.4 is 5.32 Å². The van der Waals surface area contributed by atoms with Crippen LogP contribution >= 0.6 is 11.6 Å². The zero-order valence-corrected chi connectivity index (χ0v) is 12.6. The largest absolute Gasteiger partial charge is 0.440 e. The van der Waals surface area contributed by atoms with Gasteiger partial charge in [0.1, 0.15) is 5.82 Å². The van der Waals surface area contributed by atoms with Crippen LogP contribution in [0.25, 0.3) is 0 Å². The fourth-order valence-electron chi connectivity index (χ4n) is 2.60. The fourth-order valence-corrected chi connectivity index (χ4v) is 2.74. The highest BCUT2D eigenvalue weighted by molar-refractivity contribution is 6.29. The van der Waals surface area contributed by atoms with Gasteiger partial charge in [0.05, 0.1) is 6.04 Å². The van der Waals surface area contributed by atoms with Crippen LogP contribution in [-0.2, 0) is 13.0 Å². The van der Waals surface area contributed by atoms with Crippen molar-refractivity contribution >= 4 is 17.5 Å². The Morgan fingerprint density at radius 3 is 3.00 bits per heavy atom. The predicted molar refractivity (Wildman–Crippen MR) is 77.2 cm³/mol. The molecule has 3 rings (SSSR count). The fraction of sp³-hybridized carbons (Fsp3) is 0.500. The quantitative estimate of drug-likeness (QED) is 0.946. The molecule has 1 amide bonds. The lowest BCUT2D eigenvalue weighted by atomic mass is 10.2. The van der Waals surface area contributed by atoms with E-state index >= 15 is 0 Å². The smallest absolute Gasteiger partial charge is 0.287 e. The minimum Gasteiger partial charge on any atom is -0.440 e. The van der Waals surface area contributed by atoms with E-state index in [0.29, 0.717) is 0 Å². The molecule has 0 bridgehead atoms. The molecule has 2 aromatic rings. The van der Waals surface area contributed by atoms with E-state index in [9.17, 15) is 4.79 Å². The van der Waals surface area contributed by atoms with Gasteiger partial charge in [-0.05, 0) is 43.5 Å². The Morgan fingerprint density at radius 1 is 1.38 bits per heavy atom. The second-order valence-corrected chi connectivity index (χ2v) is 5.61. The molecule has 21 heavy (non-hydrogen) atoms. The number of rotatable bonds is 3. The summed E-state index contributed by atoms with van der Waals surface area (Å²) in [6, 6.07) is 2.86. The van der Waals surface area contributed by atoms with Crippen molar-refractivity contribution in [2.45, 2.75) is 45.2 Å². The van der Waals surface area contributed by atoms with E-state index in [4.69, 9.17) is 16.0 Å². The Morgan fingerprint density at radius 2 is 2.24 bits per heavy atom. The van der Waals surface area contributed by atoms with Gasteiger partial charge in [-0.1, -0.05) is 6.42 Å². The van der Waals surface area contributed by atoms with Crippen molar-refractivity contribution < 1.29 is 9.21 Å². The zero-order valence-electron chi connectivity index (χ0n) is 11.8. The van der Waals surface area contributed by atoms with Crippen molar-refractivity contribution in [2.24, 2.45) is 0 Å². The Labute approximate surface area is 127 Å². The van der Waals surface area contributed by atoms with E-state index in [2.05, 4.69) is 20.1 Å². The lowest BCUT2D eigenvalue weighted by molar-refractivity contribution is 0.0909. The van der Waals surface area contributed by atoms with Gasteiger partial charge in [-0.2, -0.15) is 0 Å². The predicted octanol–water partition coefficient (Wildman–Crippen LogP) is 2.74. The van der Waals surface area contributed by atoms with Gasteiger partial charge in [-0.15, -0.1) is 10.2 Å². The number of nitrogens with zero attached hydrogens (tertiary/aromatic N) is 3. The van der Waals surface area contributed by atoms with Crippen molar-refractivity contribution in [3.05, 3.63) is 34.8 Å². The summed E-state index contributed by atoms with van der Waals surface area (Å²) in [5.74, 6) is 1.69. The number of hydrogen-bond acceptors (Lipinski definition) is 4. The molecule has 7 heteroatoms. The Balaban J connectivity index is 1.75. The minimum atomic E-state index is -0.305. The van der Waals surface area contributed by atoms with Gasteiger partial charge in [-0.25, -0.2) is 0 Å². The van der Waals surface area contributed by atoms with Crippen LogP contribution in [0.3, 0.4) is 0 Å². The number of nitrogens with one attached hydrogen (secondary N) is 1. The molecule has 0 radical (unpaired) electrons. The number of carbonyl (C=O) groups excluding carboxylic acids is 1. The first-order valence-electron chi connectivity index (χ1n) is 7.13. The van der Waals surface area contributed by atoms with Gasteiger partial charge < -0.3 is 14.3 Å². The third-order valence-electron chi connectivity index (χ3n) is 3.67.